The highest BCUT2D eigenvalue weighted by Crippen LogP contribution is 2.17. The molecule has 102 valence electrons. The monoisotopic (exact) mass is 252 g/mol. The van der Waals surface area contributed by atoms with E-state index in [9.17, 15) is 0 Å². The lowest BCUT2D eigenvalue weighted by Gasteiger charge is -2.21. The lowest BCUT2D eigenvalue weighted by atomic mass is 10.1. The van der Waals surface area contributed by atoms with E-state index in [4.69, 9.17) is 9.15 Å². The van der Waals surface area contributed by atoms with Crippen LogP contribution in [-0.2, 0) is 17.7 Å². The Balaban J connectivity index is 1.74. The van der Waals surface area contributed by atoms with Crippen LogP contribution in [0.2, 0.25) is 0 Å². The Morgan fingerprint density at radius 3 is 3.06 bits per heavy atom. The van der Waals surface area contributed by atoms with Crippen molar-refractivity contribution in [2.75, 3.05) is 13.2 Å². The van der Waals surface area contributed by atoms with E-state index in [0.29, 0.717) is 18.6 Å². The molecule has 1 saturated heterocycles. The summed E-state index contributed by atoms with van der Waals surface area (Å²) in [5.74, 6) is 2.37. The van der Waals surface area contributed by atoms with Crippen molar-refractivity contribution < 1.29 is 9.15 Å². The molecule has 0 amide bonds. The van der Waals surface area contributed by atoms with Crippen LogP contribution in [0.1, 0.15) is 44.8 Å². The minimum atomic E-state index is 0.322. The van der Waals surface area contributed by atoms with Crippen LogP contribution in [0.3, 0.4) is 0 Å². The molecule has 2 heterocycles. The third-order valence-electron chi connectivity index (χ3n) is 3.13. The Morgan fingerprint density at radius 1 is 1.44 bits per heavy atom. The molecule has 1 fully saturated rings. The lowest BCUT2D eigenvalue weighted by Crippen LogP contribution is -2.21. The summed E-state index contributed by atoms with van der Waals surface area (Å²) in [7, 11) is 0. The summed E-state index contributed by atoms with van der Waals surface area (Å²) in [4.78, 5) is 4.29. The number of hydrogen-bond donors (Lipinski definition) is 1. The van der Waals surface area contributed by atoms with Crippen molar-refractivity contribution in [2.45, 2.75) is 52.2 Å². The van der Waals surface area contributed by atoms with Crippen LogP contribution >= 0.6 is 0 Å². The molecule has 4 nitrogen and oxygen atoms in total. The molecular formula is C14H24N2O2. The highest BCUT2D eigenvalue weighted by molar-refractivity contribution is 4.96. The zero-order chi connectivity index (χ0) is 12.8. The van der Waals surface area contributed by atoms with Gasteiger partial charge in [-0.2, -0.15) is 0 Å². The first-order valence-corrected chi connectivity index (χ1v) is 7.00. The van der Waals surface area contributed by atoms with Crippen molar-refractivity contribution in [1.82, 2.24) is 10.3 Å². The van der Waals surface area contributed by atoms with Crippen LogP contribution in [-0.4, -0.2) is 24.2 Å². The van der Waals surface area contributed by atoms with Gasteiger partial charge >= 0.3 is 0 Å². The molecule has 4 heteroatoms. The molecule has 1 aromatic heterocycles. The van der Waals surface area contributed by atoms with E-state index in [1.165, 1.54) is 12.8 Å². The van der Waals surface area contributed by atoms with E-state index in [1.807, 2.05) is 6.20 Å². The molecular weight excluding hydrogens is 228 g/mol. The summed E-state index contributed by atoms with van der Waals surface area (Å²) in [6.45, 7) is 6.97. The first kappa shape index (κ1) is 13.6. The number of aromatic nitrogens is 1. The molecule has 0 saturated carbocycles. The summed E-state index contributed by atoms with van der Waals surface area (Å²) >= 11 is 0. The second-order valence-electron chi connectivity index (χ2n) is 5.44. The van der Waals surface area contributed by atoms with Gasteiger partial charge in [-0.25, -0.2) is 4.98 Å². The van der Waals surface area contributed by atoms with Crippen LogP contribution in [0.15, 0.2) is 10.6 Å². The maximum absolute atomic E-state index is 5.71. The maximum Gasteiger partial charge on any atom is 0.208 e. The number of rotatable bonds is 6. The highest BCUT2D eigenvalue weighted by Gasteiger charge is 2.16. The van der Waals surface area contributed by atoms with Crippen molar-refractivity contribution in [2.24, 2.45) is 5.92 Å². The van der Waals surface area contributed by atoms with Gasteiger partial charge in [0.15, 0.2) is 0 Å². The SMILES string of the molecule is CC(C)CNCc1ncc(CC2CCCCO2)o1. The zero-order valence-corrected chi connectivity index (χ0v) is 11.4. The van der Waals surface area contributed by atoms with Crippen LogP contribution in [0.5, 0.6) is 0 Å². The Kier molecular flexibility index (Phi) is 5.20. The largest absolute Gasteiger partial charge is 0.444 e. The van der Waals surface area contributed by atoms with Gasteiger partial charge in [0.05, 0.1) is 18.8 Å². The molecule has 1 aliphatic rings. The minimum Gasteiger partial charge on any atom is -0.444 e. The highest BCUT2D eigenvalue weighted by atomic mass is 16.5. The fraction of sp³-hybridized carbons (Fsp3) is 0.786. The maximum atomic E-state index is 5.71. The van der Waals surface area contributed by atoms with Crippen molar-refractivity contribution in [3.05, 3.63) is 17.8 Å². The fourth-order valence-electron chi connectivity index (χ4n) is 2.18. The second-order valence-corrected chi connectivity index (χ2v) is 5.44. The molecule has 18 heavy (non-hydrogen) atoms. The number of nitrogens with one attached hydrogen (secondary N) is 1. The molecule has 1 aromatic rings. The van der Waals surface area contributed by atoms with Crippen molar-refractivity contribution in [3.63, 3.8) is 0 Å². The average Bonchev–Trinajstić information content (AvgIpc) is 2.78. The number of hydrogen-bond acceptors (Lipinski definition) is 4. The van der Waals surface area contributed by atoms with Crippen LogP contribution in [0, 0.1) is 5.92 Å². The molecule has 0 radical (unpaired) electrons. The molecule has 1 atom stereocenters. The Labute approximate surface area is 109 Å². The lowest BCUT2D eigenvalue weighted by molar-refractivity contribution is 0.0138. The normalized spacial score (nSPS) is 20.5. The van der Waals surface area contributed by atoms with Gasteiger partial charge in [0.25, 0.3) is 0 Å². The number of oxazole rings is 1. The minimum absolute atomic E-state index is 0.322. The van der Waals surface area contributed by atoms with Crippen LogP contribution in [0.4, 0.5) is 0 Å². The van der Waals surface area contributed by atoms with Crippen molar-refractivity contribution in [1.29, 1.82) is 0 Å². The van der Waals surface area contributed by atoms with E-state index in [-0.39, 0.29) is 0 Å². The molecule has 0 spiro atoms. The van der Waals surface area contributed by atoms with E-state index in [1.54, 1.807) is 0 Å². The summed E-state index contributed by atoms with van der Waals surface area (Å²) in [6.07, 6.45) is 6.62. The summed E-state index contributed by atoms with van der Waals surface area (Å²) in [5.41, 5.74) is 0. The van der Waals surface area contributed by atoms with E-state index in [2.05, 4.69) is 24.1 Å². The molecule has 0 aliphatic carbocycles. The predicted octanol–water partition coefficient (Wildman–Crippen LogP) is 2.53. The topological polar surface area (TPSA) is 47.3 Å². The van der Waals surface area contributed by atoms with Gasteiger partial charge in [0, 0.05) is 13.0 Å². The summed E-state index contributed by atoms with van der Waals surface area (Å²) < 4.78 is 11.4. The van der Waals surface area contributed by atoms with Gasteiger partial charge in [0.2, 0.25) is 5.89 Å². The van der Waals surface area contributed by atoms with Crippen LogP contribution < -0.4 is 5.32 Å². The fourth-order valence-corrected chi connectivity index (χ4v) is 2.18. The third kappa shape index (κ3) is 4.42. The van der Waals surface area contributed by atoms with Crippen molar-refractivity contribution >= 4 is 0 Å². The molecule has 1 N–H and O–H groups in total. The van der Waals surface area contributed by atoms with Gasteiger partial charge in [-0.15, -0.1) is 0 Å². The van der Waals surface area contributed by atoms with Gasteiger partial charge in [-0.05, 0) is 31.7 Å². The molecule has 0 bridgehead atoms. The summed E-state index contributed by atoms with van der Waals surface area (Å²) in [5, 5.41) is 3.33. The number of ether oxygens (including phenoxy) is 1. The predicted molar refractivity (Wildman–Crippen MR) is 70.3 cm³/mol. The molecule has 2 rings (SSSR count). The quantitative estimate of drug-likeness (QED) is 0.845. The third-order valence-corrected chi connectivity index (χ3v) is 3.13. The second kappa shape index (κ2) is 6.90. The van der Waals surface area contributed by atoms with Crippen molar-refractivity contribution in [3.8, 4) is 0 Å². The first-order valence-electron chi connectivity index (χ1n) is 7.00. The Bertz CT molecular complexity index is 343. The average molecular weight is 252 g/mol. The van der Waals surface area contributed by atoms with Gasteiger partial charge in [-0.3, -0.25) is 0 Å². The standard InChI is InChI=1S/C14H24N2O2/c1-11(2)8-15-10-14-16-9-13(18-14)7-12-5-3-4-6-17-12/h9,11-12,15H,3-8,10H2,1-2H3. The van der Waals surface area contributed by atoms with E-state index in [0.717, 1.165) is 37.6 Å². The van der Waals surface area contributed by atoms with E-state index >= 15 is 0 Å². The van der Waals surface area contributed by atoms with Crippen LogP contribution in [0.25, 0.3) is 0 Å². The smallest absolute Gasteiger partial charge is 0.208 e. The summed E-state index contributed by atoms with van der Waals surface area (Å²) in [6, 6.07) is 0. The van der Waals surface area contributed by atoms with Gasteiger partial charge in [-0.1, -0.05) is 13.8 Å². The Hall–Kier alpha value is -0.870. The first-order chi connectivity index (χ1) is 8.74. The molecule has 1 aliphatic heterocycles. The Morgan fingerprint density at radius 2 is 2.33 bits per heavy atom. The van der Waals surface area contributed by atoms with Gasteiger partial charge < -0.3 is 14.5 Å². The molecule has 1 unspecified atom stereocenters. The van der Waals surface area contributed by atoms with Gasteiger partial charge in [0.1, 0.15) is 5.76 Å². The van der Waals surface area contributed by atoms with E-state index < -0.39 is 0 Å². The molecule has 0 aromatic carbocycles. The zero-order valence-electron chi connectivity index (χ0n) is 11.4. The number of nitrogens with zero attached hydrogens (tertiary/aromatic N) is 1.